The van der Waals surface area contributed by atoms with Crippen molar-refractivity contribution in [2.45, 2.75) is 36.0 Å². The molecular weight excluding hydrogens is 511 g/mol. The SMILES string of the molecule is COc1cc(N2CCN(C(C=O)n3nc(S(=O)(=O)c4ccccc4)c(Cl)c3C)[C@@H](C)C2)ccc1Cl. The van der Waals surface area contributed by atoms with E-state index in [-0.39, 0.29) is 21.0 Å². The number of halogens is 2. The molecule has 11 heteroatoms. The minimum Gasteiger partial charge on any atom is -0.495 e. The highest BCUT2D eigenvalue weighted by Gasteiger charge is 2.35. The monoisotopic (exact) mass is 536 g/mol. The average Bonchev–Trinajstić information content (AvgIpc) is 3.16. The largest absolute Gasteiger partial charge is 0.495 e. The highest BCUT2D eigenvalue weighted by Crippen LogP contribution is 2.34. The lowest BCUT2D eigenvalue weighted by Crippen LogP contribution is -2.54. The number of rotatable bonds is 7. The molecule has 2 aromatic carbocycles. The zero-order valence-corrected chi connectivity index (χ0v) is 21.9. The van der Waals surface area contributed by atoms with E-state index >= 15 is 0 Å². The molecule has 1 fully saturated rings. The van der Waals surface area contributed by atoms with Crippen LogP contribution in [0.3, 0.4) is 0 Å². The molecule has 0 aliphatic carbocycles. The number of ether oxygens (including phenoxy) is 1. The quantitative estimate of drug-likeness (QED) is 0.417. The van der Waals surface area contributed by atoms with Crippen LogP contribution >= 0.6 is 23.2 Å². The predicted molar refractivity (Wildman–Crippen MR) is 135 cm³/mol. The minimum atomic E-state index is -3.94. The van der Waals surface area contributed by atoms with Crippen molar-refractivity contribution in [3.8, 4) is 5.75 Å². The van der Waals surface area contributed by atoms with Crippen LogP contribution in [0.1, 0.15) is 18.8 Å². The van der Waals surface area contributed by atoms with Crippen molar-refractivity contribution in [1.29, 1.82) is 0 Å². The molecule has 4 rings (SSSR count). The molecule has 0 spiro atoms. The summed E-state index contributed by atoms with van der Waals surface area (Å²) in [6.45, 7) is 5.50. The summed E-state index contributed by atoms with van der Waals surface area (Å²) in [7, 11) is -2.37. The van der Waals surface area contributed by atoms with Gasteiger partial charge in [-0.3, -0.25) is 9.69 Å². The third kappa shape index (κ3) is 4.78. The van der Waals surface area contributed by atoms with Crippen LogP contribution in [-0.4, -0.2) is 62.2 Å². The van der Waals surface area contributed by atoms with Crippen LogP contribution < -0.4 is 9.64 Å². The van der Waals surface area contributed by atoms with Crippen molar-refractivity contribution in [2.75, 3.05) is 31.6 Å². The molecule has 186 valence electrons. The van der Waals surface area contributed by atoms with Crippen molar-refractivity contribution in [3.05, 3.63) is 64.3 Å². The number of benzene rings is 2. The molecule has 0 amide bonds. The van der Waals surface area contributed by atoms with E-state index < -0.39 is 16.0 Å². The van der Waals surface area contributed by atoms with Crippen molar-refractivity contribution < 1.29 is 17.9 Å². The fourth-order valence-electron chi connectivity index (χ4n) is 4.33. The molecule has 2 atom stereocenters. The summed E-state index contributed by atoms with van der Waals surface area (Å²) in [5.41, 5.74) is 1.38. The van der Waals surface area contributed by atoms with Gasteiger partial charge in [-0.2, -0.15) is 5.10 Å². The third-order valence-corrected chi connectivity index (χ3v) is 8.81. The van der Waals surface area contributed by atoms with Crippen LogP contribution in [0.2, 0.25) is 10.0 Å². The van der Waals surface area contributed by atoms with E-state index in [1.165, 1.54) is 16.8 Å². The second-order valence-electron chi connectivity index (χ2n) is 8.37. The van der Waals surface area contributed by atoms with E-state index in [0.29, 0.717) is 36.1 Å². The van der Waals surface area contributed by atoms with Gasteiger partial charge in [0.25, 0.3) is 0 Å². The fraction of sp³-hybridized carbons (Fsp3) is 0.333. The topological polar surface area (TPSA) is 84.7 Å². The van der Waals surface area contributed by atoms with Crippen molar-refractivity contribution in [1.82, 2.24) is 14.7 Å². The summed E-state index contributed by atoms with van der Waals surface area (Å²) in [6.07, 6.45) is -0.0312. The first-order chi connectivity index (χ1) is 16.7. The van der Waals surface area contributed by atoms with Gasteiger partial charge in [0.15, 0.2) is 12.5 Å². The van der Waals surface area contributed by atoms with E-state index in [1.54, 1.807) is 38.3 Å². The predicted octanol–water partition coefficient (Wildman–Crippen LogP) is 4.25. The number of nitrogens with zero attached hydrogens (tertiary/aromatic N) is 4. The number of hydrogen-bond acceptors (Lipinski definition) is 7. The van der Waals surface area contributed by atoms with E-state index in [4.69, 9.17) is 27.9 Å². The molecule has 2 heterocycles. The number of aromatic nitrogens is 2. The van der Waals surface area contributed by atoms with Crippen LogP contribution in [0, 0.1) is 6.92 Å². The summed E-state index contributed by atoms with van der Waals surface area (Å²) in [5.74, 6) is 0.596. The lowest BCUT2D eigenvalue weighted by molar-refractivity contribution is -0.117. The maximum atomic E-state index is 13.2. The smallest absolute Gasteiger partial charge is 0.227 e. The minimum absolute atomic E-state index is 0.0141. The second kappa shape index (κ2) is 10.2. The average molecular weight is 537 g/mol. The zero-order chi connectivity index (χ0) is 25.3. The summed E-state index contributed by atoms with van der Waals surface area (Å²) in [6, 6.07) is 13.6. The summed E-state index contributed by atoms with van der Waals surface area (Å²) in [4.78, 5) is 16.6. The Bertz CT molecular complexity index is 1330. The molecule has 0 saturated carbocycles. The van der Waals surface area contributed by atoms with Gasteiger partial charge in [0, 0.05) is 37.4 Å². The second-order valence-corrected chi connectivity index (χ2v) is 11.0. The highest BCUT2D eigenvalue weighted by atomic mass is 35.5. The van der Waals surface area contributed by atoms with Crippen LogP contribution in [0.4, 0.5) is 5.69 Å². The van der Waals surface area contributed by atoms with Gasteiger partial charge in [-0.1, -0.05) is 41.4 Å². The molecule has 0 N–H and O–H groups in total. The lowest BCUT2D eigenvalue weighted by Gasteiger charge is -2.43. The molecule has 1 aromatic heterocycles. The van der Waals surface area contributed by atoms with Gasteiger partial charge < -0.3 is 9.64 Å². The van der Waals surface area contributed by atoms with Gasteiger partial charge in [-0.15, -0.1) is 0 Å². The Morgan fingerprint density at radius 2 is 1.86 bits per heavy atom. The molecule has 3 aromatic rings. The summed E-state index contributed by atoms with van der Waals surface area (Å²) in [5, 5.41) is 4.62. The number of hydrogen-bond donors (Lipinski definition) is 0. The number of methoxy groups -OCH3 is 1. The van der Waals surface area contributed by atoms with Crippen molar-refractivity contribution in [2.24, 2.45) is 0 Å². The third-order valence-electron chi connectivity index (χ3n) is 6.25. The zero-order valence-electron chi connectivity index (χ0n) is 19.6. The van der Waals surface area contributed by atoms with Crippen LogP contribution in [0.15, 0.2) is 58.5 Å². The van der Waals surface area contributed by atoms with Gasteiger partial charge >= 0.3 is 0 Å². The molecular formula is C24H26Cl2N4O4S. The van der Waals surface area contributed by atoms with Gasteiger partial charge in [-0.25, -0.2) is 13.1 Å². The molecule has 1 saturated heterocycles. The number of aldehydes is 1. The molecule has 0 radical (unpaired) electrons. The Morgan fingerprint density at radius 1 is 1.14 bits per heavy atom. The van der Waals surface area contributed by atoms with E-state index in [1.807, 2.05) is 24.0 Å². The maximum Gasteiger partial charge on any atom is 0.227 e. The molecule has 8 nitrogen and oxygen atoms in total. The molecule has 1 aliphatic rings. The van der Waals surface area contributed by atoms with Crippen LogP contribution in [0.25, 0.3) is 0 Å². The Kier molecular flexibility index (Phi) is 7.42. The number of piperazine rings is 1. The highest BCUT2D eigenvalue weighted by molar-refractivity contribution is 7.91. The molecule has 1 aliphatic heterocycles. The van der Waals surface area contributed by atoms with Crippen molar-refractivity contribution in [3.63, 3.8) is 0 Å². The summed E-state index contributed by atoms with van der Waals surface area (Å²) < 4.78 is 33.1. The Morgan fingerprint density at radius 3 is 2.49 bits per heavy atom. The normalized spacial score (nSPS) is 17.9. The number of carbonyl (C=O) groups excluding carboxylic acids is 1. The maximum absolute atomic E-state index is 13.2. The van der Waals surface area contributed by atoms with Gasteiger partial charge in [-0.05, 0) is 38.1 Å². The first-order valence-corrected chi connectivity index (χ1v) is 13.3. The van der Waals surface area contributed by atoms with Gasteiger partial charge in [0.05, 0.1) is 22.7 Å². The van der Waals surface area contributed by atoms with Crippen molar-refractivity contribution >= 4 is 45.0 Å². The number of sulfone groups is 1. The lowest BCUT2D eigenvalue weighted by atomic mass is 10.1. The standard InChI is InChI=1S/C24H26Cl2N4O4S/c1-16-14-28(18-9-10-20(25)21(13-18)34-3)11-12-29(16)22(15-31)30-17(2)23(26)24(27-30)35(32,33)19-7-5-4-6-8-19/h4-10,13,15-16,22H,11-12,14H2,1-3H3/t16-,22?/m0/s1. The number of anilines is 1. The molecule has 35 heavy (non-hydrogen) atoms. The Balaban J connectivity index is 1.61. The van der Waals surface area contributed by atoms with Gasteiger partial charge in [0.1, 0.15) is 10.8 Å². The fourth-order valence-corrected chi connectivity index (χ4v) is 6.27. The number of carbonyl (C=O) groups is 1. The van der Waals surface area contributed by atoms with E-state index in [0.717, 1.165) is 12.0 Å². The van der Waals surface area contributed by atoms with E-state index in [2.05, 4.69) is 10.00 Å². The van der Waals surface area contributed by atoms with Crippen LogP contribution in [-0.2, 0) is 14.6 Å². The first-order valence-electron chi connectivity index (χ1n) is 11.0. The Hall–Kier alpha value is -2.59. The first kappa shape index (κ1) is 25.5. The van der Waals surface area contributed by atoms with Gasteiger partial charge in [0.2, 0.25) is 14.9 Å². The molecule has 0 bridgehead atoms. The van der Waals surface area contributed by atoms with E-state index in [9.17, 15) is 13.2 Å². The molecule has 1 unspecified atom stereocenters. The Labute approximate surface area is 214 Å². The summed E-state index contributed by atoms with van der Waals surface area (Å²) >= 11 is 12.6. The van der Waals surface area contributed by atoms with Crippen LogP contribution in [0.5, 0.6) is 5.75 Å².